The van der Waals surface area contributed by atoms with E-state index in [0.29, 0.717) is 24.1 Å². The molecule has 33 heavy (non-hydrogen) atoms. The highest BCUT2D eigenvalue weighted by molar-refractivity contribution is 6.09. The van der Waals surface area contributed by atoms with E-state index >= 15 is 0 Å². The molecular formula is C27H29NO5. The summed E-state index contributed by atoms with van der Waals surface area (Å²) < 4.78 is 15.9. The predicted molar refractivity (Wildman–Crippen MR) is 126 cm³/mol. The van der Waals surface area contributed by atoms with Crippen molar-refractivity contribution >= 4 is 17.5 Å². The summed E-state index contributed by atoms with van der Waals surface area (Å²) in [6, 6.07) is 15.4. The predicted octanol–water partition coefficient (Wildman–Crippen LogP) is 4.84. The fourth-order valence-corrected chi connectivity index (χ4v) is 4.88. The van der Waals surface area contributed by atoms with E-state index in [-0.39, 0.29) is 24.3 Å². The van der Waals surface area contributed by atoms with Crippen LogP contribution in [0.15, 0.2) is 64.8 Å². The molecule has 0 spiro atoms. The third kappa shape index (κ3) is 4.42. The first-order chi connectivity index (χ1) is 16.0. The minimum Gasteiger partial charge on any atom is -0.497 e. The quantitative estimate of drug-likeness (QED) is 0.593. The van der Waals surface area contributed by atoms with E-state index in [1.54, 1.807) is 21.1 Å². The molecule has 0 saturated carbocycles. The lowest BCUT2D eigenvalue weighted by atomic mass is 9.69. The molecular weight excluding hydrogens is 418 g/mol. The summed E-state index contributed by atoms with van der Waals surface area (Å²) in [4.78, 5) is 31.3. The van der Waals surface area contributed by atoms with Crippen molar-refractivity contribution in [3.63, 3.8) is 0 Å². The Balaban J connectivity index is 1.76. The van der Waals surface area contributed by atoms with Gasteiger partial charge in [0.1, 0.15) is 17.4 Å². The number of rotatable bonds is 6. The molecule has 0 amide bonds. The second-order valence-electron chi connectivity index (χ2n) is 8.40. The lowest BCUT2D eigenvalue weighted by Gasteiger charge is -2.36. The zero-order chi connectivity index (χ0) is 23.5. The van der Waals surface area contributed by atoms with Crippen molar-refractivity contribution in [3.05, 3.63) is 70.9 Å². The van der Waals surface area contributed by atoms with Crippen LogP contribution >= 0.6 is 0 Å². The van der Waals surface area contributed by atoms with E-state index in [1.165, 1.54) is 0 Å². The number of carbonyl (C=O) groups excluding carboxylic acids is 2. The number of Topliss-reactive ketones (excluding diaryl/α,β-unsaturated/α-hetero) is 1. The Morgan fingerprint density at radius 1 is 0.939 bits per heavy atom. The van der Waals surface area contributed by atoms with E-state index in [1.807, 2.05) is 55.5 Å². The first-order valence-corrected chi connectivity index (χ1v) is 11.2. The Morgan fingerprint density at radius 2 is 1.52 bits per heavy atom. The number of carbonyl (C=O) groups is 2. The van der Waals surface area contributed by atoms with Gasteiger partial charge in [-0.2, -0.15) is 0 Å². The minimum atomic E-state index is -0.626. The van der Waals surface area contributed by atoms with E-state index in [2.05, 4.69) is 0 Å². The number of ether oxygens (including phenoxy) is 3. The third-order valence-corrected chi connectivity index (χ3v) is 6.49. The molecule has 2 aromatic carbocycles. The van der Waals surface area contributed by atoms with Crippen LogP contribution in [-0.2, 0) is 14.3 Å². The first-order valence-electron chi connectivity index (χ1n) is 11.2. The molecule has 0 N–H and O–H groups in total. The van der Waals surface area contributed by atoms with Crippen LogP contribution in [0, 0.1) is 5.92 Å². The number of hydrogen-bond donors (Lipinski definition) is 0. The van der Waals surface area contributed by atoms with Gasteiger partial charge >= 0.3 is 5.97 Å². The van der Waals surface area contributed by atoms with Gasteiger partial charge in [0.2, 0.25) is 0 Å². The number of aliphatic imine (C=N–C) groups is 1. The van der Waals surface area contributed by atoms with E-state index in [9.17, 15) is 9.59 Å². The van der Waals surface area contributed by atoms with Crippen molar-refractivity contribution < 1.29 is 23.8 Å². The smallest absolute Gasteiger partial charge is 0.315 e. The minimum absolute atomic E-state index is 0.0310. The molecule has 6 nitrogen and oxygen atoms in total. The van der Waals surface area contributed by atoms with Gasteiger partial charge in [-0.1, -0.05) is 24.3 Å². The summed E-state index contributed by atoms with van der Waals surface area (Å²) in [5, 5.41) is 0. The molecule has 4 rings (SSSR count). The fourth-order valence-electron chi connectivity index (χ4n) is 4.88. The summed E-state index contributed by atoms with van der Waals surface area (Å²) in [6.45, 7) is 3.91. The third-order valence-electron chi connectivity index (χ3n) is 6.49. The highest BCUT2D eigenvalue weighted by atomic mass is 16.5. The highest BCUT2D eigenvalue weighted by Gasteiger charge is 2.44. The van der Waals surface area contributed by atoms with Crippen LogP contribution in [0.25, 0.3) is 0 Å². The van der Waals surface area contributed by atoms with Gasteiger partial charge in [0.05, 0.1) is 20.8 Å². The summed E-state index contributed by atoms with van der Waals surface area (Å²) >= 11 is 0. The molecule has 0 bridgehead atoms. The van der Waals surface area contributed by atoms with Gasteiger partial charge in [-0.3, -0.25) is 14.6 Å². The Bertz CT molecular complexity index is 1100. The molecule has 0 saturated heterocycles. The zero-order valence-corrected chi connectivity index (χ0v) is 19.5. The Labute approximate surface area is 194 Å². The largest absolute Gasteiger partial charge is 0.497 e. The molecule has 1 aliphatic heterocycles. The summed E-state index contributed by atoms with van der Waals surface area (Å²) in [5.74, 6) is 0.167. The van der Waals surface area contributed by atoms with Gasteiger partial charge in [0.15, 0.2) is 5.78 Å². The van der Waals surface area contributed by atoms with Gasteiger partial charge in [0, 0.05) is 29.3 Å². The van der Waals surface area contributed by atoms with E-state index in [0.717, 1.165) is 28.3 Å². The molecule has 6 heteroatoms. The number of esters is 1. The van der Waals surface area contributed by atoms with Crippen molar-refractivity contribution in [2.45, 2.75) is 38.5 Å². The van der Waals surface area contributed by atoms with Crippen molar-refractivity contribution in [2.75, 3.05) is 20.8 Å². The lowest BCUT2D eigenvalue weighted by Crippen LogP contribution is -2.38. The maximum atomic E-state index is 13.5. The maximum absolute atomic E-state index is 13.5. The first kappa shape index (κ1) is 22.8. The van der Waals surface area contributed by atoms with Gasteiger partial charge in [-0.15, -0.1) is 0 Å². The highest BCUT2D eigenvalue weighted by Crippen LogP contribution is 2.47. The van der Waals surface area contributed by atoms with Crippen molar-refractivity contribution in [2.24, 2.45) is 10.9 Å². The Kier molecular flexibility index (Phi) is 6.63. The van der Waals surface area contributed by atoms with Crippen LogP contribution < -0.4 is 9.47 Å². The van der Waals surface area contributed by atoms with Crippen LogP contribution in [0.2, 0.25) is 0 Å². The number of hydrogen-bond acceptors (Lipinski definition) is 6. The molecule has 1 aliphatic carbocycles. The summed E-state index contributed by atoms with van der Waals surface area (Å²) in [5.41, 5.74) is 4.04. The molecule has 3 unspecified atom stereocenters. The fraction of sp³-hybridized carbons (Fsp3) is 0.370. The molecule has 1 heterocycles. The number of methoxy groups -OCH3 is 2. The SMILES string of the molecule is CCOC(=O)C1C(C)=NC2=C(C(=O)CC(c3ccc(OC)cc3)C2)C1c1ccc(OC)cc1. The molecule has 0 radical (unpaired) electrons. The normalized spacial score (nSPS) is 22.4. The topological polar surface area (TPSA) is 74.2 Å². The monoisotopic (exact) mass is 447 g/mol. The van der Waals surface area contributed by atoms with Gasteiger partial charge in [0.25, 0.3) is 0 Å². The second kappa shape index (κ2) is 9.61. The molecule has 2 aliphatic rings. The maximum Gasteiger partial charge on any atom is 0.315 e. The Hall–Kier alpha value is -3.41. The van der Waals surface area contributed by atoms with Crippen molar-refractivity contribution in [3.8, 4) is 11.5 Å². The van der Waals surface area contributed by atoms with Crippen LogP contribution in [0.4, 0.5) is 0 Å². The summed E-state index contributed by atoms with van der Waals surface area (Å²) in [6.07, 6.45) is 1.02. The molecule has 3 atom stereocenters. The van der Waals surface area contributed by atoms with Crippen molar-refractivity contribution in [1.29, 1.82) is 0 Å². The number of benzene rings is 2. The number of allylic oxidation sites excluding steroid dienone is 2. The second-order valence-corrected chi connectivity index (χ2v) is 8.40. The Morgan fingerprint density at radius 3 is 2.06 bits per heavy atom. The standard InChI is InChI=1S/C27H29NO5/c1-5-33-27(30)24-16(2)28-22-14-19(17-6-10-20(31-3)11-7-17)15-23(29)26(22)25(24)18-8-12-21(32-4)13-9-18/h6-13,19,24-25H,5,14-15H2,1-4H3. The van der Waals surface area contributed by atoms with E-state index < -0.39 is 11.8 Å². The molecule has 0 aromatic heterocycles. The molecule has 172 valence electrons. The number of ketones is 1. The summed E-state index contributed by atoms with van der Waals surface area (Å²) in [7, 11) is 3.24. The number of nitrogens with zero attached hydrogens (tertiary/aromatic N) is 1. The molecule has 0 fully saturated rings. The van der Waals surface area contributed by atoms with Gasteiger partial charge < -0.3 is 14.2 Å². The molecule has 2 aromatic rings. The van der Waals surface area contributed by atoms with E-state index in [4.69, 9.17) is 19.2 Å². The lowest BCUT2D eigenvalue weighted by molar-refractivity contribution is -0.146. The van der Waals surface area contributed by atoms with Crippen LogP contribution in [0.3, 0.4) is 0 Å². The van der Waals surface area contributed by atoms with Crippen LogP contribution in [0.5, 0.6) is 11.5 Å². The van der Waals surface area contributed by atoms with Gasteiger partial charge in [-0.25, -0.2) is 0 Å². The van der Waals surface area contributed by atoms with Crippen molar-refractivity contribution in [1.82, 2.24) is 0 Å². The zero-order valence-electron chi connectivity index (χ0n) is 19.5. The van der Waals surface area contributed by atoms with Gasteiger partial charge in [-0.05, 0) is 61.6 Å². The van der Waals surface area contributed by atoms with Crippen LogP contribution in [-0.4, -0.2) is 38.3 Å². The average Bonchev–Trinajstić information content (AvgIpc) is 2.83. The van der Waals surface area contributed by atoms with Crippen LogP contribution in [0.1, 0.15) is 49.7 Å². The average molecular weight is 448 g/mol.